The smallest absolute Gasteiger partial charge is 0.328 e. The maximum Gasteiger partial charge on any atom is 0.328 e. The number of pyridine rings is 2. The molecule has 5 rings (SSSR count). The van der Waals surface area contributed by atoms with Gasteiger partial charge >= 0.3 is 6.03 Å². The van der Waals surface area contributed by atoms with Gasteiger partial charge < -0.3 is 19.6 Å². The lowest BCUT2D eigenvalue weighted by Gasteiger charge is -2.33. The van der Waals surface area contributed by atoms with Gasteiger partial charge in [0.15, 0.2) is 6.29 Å². The highest BCUT2D eigenvalue weighted by atomic mass is 16.5. The number of nitrogens with one attached hydrogen (secondary N) is 2. The summed E-state index contributed by atoms with van der Waals surface area (Å²) in [5, 5.41) is 15.4. The fraction of sp³-hybridized carbons (Fsp3) is 0.481. The normalized spacial score (nSPS) is 19.1. The van der Waals surface area contributed by atoms with Crippen LogP contribution >= 0.6 is 0 Å². The van der Waals surface area contributed by atoms with E-state index in [9.17, 15) is 19.6 Å². The summed E-state index contributed by atoms with van der Waals surface area (Å²) in [6.07, 6.45) is 6.92. The minimum atomic E-state index is -0.428. The van der Waals surface area contributed by atoms with E-state index in [1.807, 2.05) is 11.0 Å². The Morgan fingerprint density at radius 1 is 1.28 bits per heavy atom. The van der Waals surface area contributed by atoms with Crippen LogP contribution in [0.1, 0.15) is 46.4 Å². The lowest BCUT2D eigenvalue weighted by atomic mass is 10.0. The van der Waals surface area contributed by atoms with Gasteiger partial charge in [-0.1, -0.05) is 0 Å². The molecule has 2 aliphatic heterocycles. The molecule has 2 aromatic rings. The maximum atomic E-state index is 13.3. The third-order valence-corrected chi connectivity index (χ3v) is 7.00. The van der Waals surface area contributed by atoms with Gasteiger partial charge in [-0.3, -0.25) is 19.9 Å². The van der Waals surface area contributed by atoms with Crippen molar-refractivity contribution >= 4 is 35.9 Å². The molecular formula is C27H31N7O5. The second-order valence-corrected chi connectivity index (χ2v) is 9.79. The number of nitriles is 1. The number of hydrogen-bond acceptors (Lipinski definition) is 10. The molecule has 0 radical (unpaired) electrons. The van der Waals surface area contributed by atoms with Gasteiger partial charge in [-0.15, -0.1) is 0 Å². The van der Waals surface area contributed by atoms with Crippen LogP contribution in [0.3, 0.4) is 0 Å². The molecule has 1 saturated heterocycles. The van der Waals surface area contributed by atoms with Crippen LogP contribution in [0, 0.1) is 11.3 Å². The quantitative estimate of drug-likeness (QED) is 0.343. The molecule has 0 aromatic carbocycles. The van der Waals surface area contributed by atoms with Gasteiger partial charge in [-0.25, -0.2) is 14.8 Å². The number of morpholine rings is 1. The summed E-state index contributed by atoms with van der Waals surface area (Å²) in [5.41, 5.74) is 2.74. The molecule has 1 unspecified atom stereocenters. The summed E-state index contributed by atoms with van der Waals surface area (Å²) in [4.78, 5) is 49.0. The highest BCUT2D eigenvalue weighted by Crippen LogP contribution is 2.29. The van der Waals surface area contributed by atoms with E-state index in [0.29, 0.717) is 81.9 Å². The molecule has 1 aliphatic carbocycles. The largest absolute Gasteiger partial charge is 0.382 e. The van der Waals surface area contributed by atoms with Gasteiger partial charge in [0.05, 0.1) is 43.2 Å². The number of aromatic nitrogens is 2. The van der Waals surface area contributed by atoms with Crippen molar-refractivity contribution in [3.63, 3.8) is 0 Å². The Kier molecular flexibility index (Phi) is 8.41. The van der Waals surface area contributed by atoms with Crippen molar-refractivity contribution in [3.8, 4) is 6.07 Å². The monoisotopic (exact) mass is 533 g/mol. The van der Waals surface area contributed by atoms with Gasteiger partial charge in [-0.2, -0.15) is 5.26 Å². The van der Waals surface area contributed by atoms with Crippen LogP contribution in [0.15, 0.2) is 18.3 Å². The van der Waals surface area contributed by atoms with Crippen LogP contribution in [0.25, 0.3) is 0 Å². The number of aldehydes is 2. The number of rotatable bonds is 10. The summed E-state index contributed by atoms with van der Waals surface area (Å²) in [6.45, 7) is 3.29. The van der Waals surface area contributed by atoms with Gasteiger partial charge in [0.1, 0.15) is 29.7 Å². The van der Waals surface area contributed by atoms with Crippen molar-refractivity contribution < 1.29 is 23.9 Å². The predicted octanol–water partition coefficient (Wildman–Crippen LogP) is 2.14. The van der Waals surface area contributed by atoms with Gasteiger partial charge in [0.25, 0.3) is 0 Å². The van der Waals surface area contributed by atoms with Gasteiger partial charge in [0, 0.05) is 38.4 Å². The zero-order valence-electron chi connectivity index (χ0n) is 21.6. The number of fused-ring (bicyclic) bond motifs is 1. The fourth-order valence-electron chi connectivity index (χ4n) is 4.76. The zero-order chi connectivity index (χ0) is 27.2. The number of nitrogens with zero attached hydrogens (tertiary/aromatic N) is 5. The van der Waals surface area contributed by atoms with Crippen molar-refractivity contribution in [3.05, 3.63) is 40.7 Å². The highest BCUT2D eigenvalue weighted by Gasteiger charge is 2.28. The number of amides is 2. The summed E-state index contributed by atoms with van der Waals surface area (Å²) in [6, 6.07) is 4.84. The minimum Gasteiger partial charge on any atom is -0.382 e. The number of hydrogen-bond donors (Lipinski definition) is 2. The third-order valence-electron chi connectivity index (χ3n) is 7.00. The number of ether oxygens (including phenoxy) is 2. The average molecular weight is 534 g/mol. The molecule has 0 spiro atoms. The second-order valence-electron chi connectivity index (χ2n) is 9.79. The van der Waals surface area contributed by atoms with E-state index in [1.54, 1.807) is 6.07 Å². The van der Waals surface area contributed by atoms with E-state index in [-0.39, 0.29) is 17.6 Å². The molecule has 39 heavy (non-hydrogen) atoms. The molecule has 204 valence electrons. The van der Waals surface area contributed by atoms with E-state index in [2.05, 4.69) is 26.7 Å². The molecule has 2 aromatic heterocycles. The number of carbonyl (C=O) groups excluding carboxylic acids is 3. The van der Waals surface area contributed by atoms with Crippen molar-refractivity contribution in [2.45, 2.75) is 44.4 Å². The van der Waals surface area contributed by atoms with Gasteiger partial charge in [0.2, 0.25) is 0 Å². The predicted molar refractivity (Wildman–Crippen MR) is 142 cm³/mol. The van der Waals surface area contributed by atoms with Crippen LogP contribution in [0.5, 0.6) is 0 Å². The molecule has 0 bridgehead atoms. The Bertz CT molecular complexity index is 1280. The first-order valence-corrected chi connectivity index (χ1v) is 13.2. The third kappa shape index (κ3) is 6.39. The molecule has 12 nitrogen and oxygen atoms in total. The van der Waals surface area contributed by atoms with E-state index < -0.39 is 6.03 Å². The summed E-state index contributed by atoms with van der Waals surface area (Å²) >= 11 is 0. The number of urea groups is 1. The summed E-state index contributed by atoms with van der Waals surface area (Å²) < 4.78 is 11.0. The number of aryl methyl sites for hydroxylation is 1. The Hall–Kier alpha value is -3.92. The SMILES string of the molecule is N#Cc1cnc(NC(=O)N2CCCc3cc(CN4CCOCC4C=O)c(C=O)nc32)cc1NCCOC1CC1. The molecular weight excluding hydrogens is 502 g/mol. The fourth-order valence-corrected chi connectivity index (χ4v) is 4.76. The molecule has 1 atom stereocenters. The topological polar surface area (TPSA) is 150 Å². The van der Waals surface area contributed by atoms with Crippen LogP contribution in [-0.4, -0.2) is 85.1 Å². The van der Waals surface area contributed by atoms with E-state index in [4.69, 9.17) is 9.47 Å². The standard InChI is InChI=1S/C27H31N7O5/c28-12-20-13-30-25(11-23(20)29-5-8-39-22-3-4-22)32-27(37)34-6-1-2-18-10-19(24(16-36)31-26(18)34)14-33-7-9-38-17-21(33)15-35/h10-11,13,15-16,21-22H,1-9,14,17H2,(H2,29,30,32,37). The summed E-state index contributed by atoms with van der Waals surface area (Å²) in [7, 11) is 0. The van der Waals surface area contributed by atoms with Crippen LogP contribution in [0.4, 0.5) is 22.1 Å². The maximum absolute atomic E-state index is 13.3. The molecule has 3 aliphatic rings. The molecule has 12 heteroatoms. The Balaban J connectivity index is 1.30. The molecule has 2 N–H and O–H groups in total. The first kappa shape index (κ1) is 26.7. The van der Waals surface area contributed by atoms with Crippen LogP contribution in [0.2, 0.25) is 0 Å². The van der Waals surface area contributed by atoms with Crippen molar-refractivity contribution in [2.24, 2.45) is 0 Å². The minimum absolute atomic E-state index is 0.237. The Morgan fingerprint density at radius 2 is 2.15 bits per heavy atom. The molecule has 2 amide bonds. The average Bonchev–Trinajstić information content (AvgIpc) is 3.79. The van der Waals surface area contributed by atoms with Crippen LogP contribution < -0.4 is 15.5 Å². The number of anilines is 3. The first-order valence-electron chi connectivity index (χ1n) is 13.2. The lowest BCUT2D eigenvalue weighted by Crippen LogP contribution is -2.46. The van der Waals surface area contributed by atoms with Crippen molar-refractivity contribution in [1.82, 2.24) is 14.9 Å². The van der Waals surface area contributed by atoms with E-state index in [1.165, 1.54) is 11.1 Å². The highest BCUT2D eigenvalue weighted by molar-refractivity contribution is 6.01. The lowest BCUT2D eigenvalue weighted by molar-refractivity contribution is -0.118. The Morgan fingerprint density at radius 3 is 2.92 bits per heavy atom. The van der Waals surface area contributed by atoms with E-state index in [0.717, 1.165) is 36.7 Å². The van der Waals surface area contributed by atoms with Crippen molar-refractivity contribution in [1.29, 1.82) is 5.26 Å². The molecule has 1 saturated carbocycles. The van der Waals surface area contributed by atoms with Crippen LogP contribution in [-0.2, 0) is 27.2 Å². The zero-order valence-corrected chi connectivity index (χ0v) is 21.6. The molecule has 2 fully saturated rings. The summed E-state index contributed by atoms with van der Waals surface area (Å²) in [5.74, 6) is 0.721. The van der Waals surface area contributed by atoms with E-state index >= 15 is 0 Å². The Labute approximate surface area is 226 Å². The second kappa shape index (κ2) is 12.3. The first-order chi connectivity index (χ1) is 19.1. The van der Waals surface area contributed by atoms with Crippen molar-refractivity contribution in [2.75, 3.05) is 55.0 Å². The van der Waals surface area contributed by atoms with Gasteiger partial charge in [-0.05, 0) is 42.9 Å². The number of carbonyl (C=O) groups is 3. The molecule has 4 heterocycles.